The summed E-state index contributed by atoms with van der Waals surface area (Å²) in [5.74, 6) is -2.59. The number of carbonyl (C=O) groups excluding carboxylic acids is 4. The highest BCUT2D eigenvalue weighted by Crippen LogP contribution is 2.39. The number of likely N-dealkylation sites (tertiary alicyclic amines) is 2. The molecule has 3 N–H and O–H groups in total. The molecule has 1 aromatic heterocycles. The molecular formula is C38H42FN7O9S. The summed E-state index contributed by atoms with van der Waals surface area (Å²) in [4.78, 5) is 66.7. The van der Waals surface area contributed by atoms with Crippen molar-refractivity contribution in [1.29, 1.82) is 0 Å². The van der Waals surface area contributed by atoms with Gasteiger partial charge in [0.1, 0.15) is 29.8 Å². The van der Waals surface area contributed by atoms with Gasteiger partial charge in [0.25, 0.3) is 5.91 Å². The number of ether oxygens (including phenoxy) is 1. The van der Waals surface area contributed by atoms with Crippen LogP contribution in [0.2, 0.25) is 0 Å². The van der Waals surface area contributed by atoms with Gasteiger partial charge in [-0.25, -0.2) is 18.2 Å². The minimum Gasteiger partial charge on any atom is -0.506 e. The SMILES string of the molecule is Cn1c(=O)n(C2CCC(=O)NC2=O)c2ccc(C3CCN(CC(=O)N4CCC[C@H](COc5ccc6cc(O)c(N7CC(=O)NS7(=O)=O)c(F)c6c5)C4)CC3)cc21. The maximum Gasteiger partial charge on any atom is 0.329 e. The van der Waals surface area contributed by atoms with Crippen LogP contribution in [0.1, 0.15) is 56.0 Å². The number of piperidine rings is 3. The topological polar surface area (TPSA) is 193 Å². The van der Waals surface area contributed by atoms with E-state index in [2.05, 4.69) is 10.2 Å². The summed E-state index contributed by atoms with van der Waals surface area (Å²) < 4.78 is 51.8. The molecule has 0 radical (unpaired) electrons. The van der Waals surface area contributed by atoms with Crippen molar-refractivity contribution in [3.05, 3.63) is 64.3 Å². The lowest BCUT2D eigenvalue weighted by Crippen LogP contribution is -2.47. The summed E-state index contributed by atoms with van der Waals surface area (Å²) >= 11 is 0. The van der Waals surface area contributed by atoms with E-state index in [0.717, 1.165) is 49.9 Å². The van der Waals surface area contributed by atoms with E-state index < -0.39 is 51.9 Å². The van der Waals surface area contributed by atoms with E-state index >= 15 is 4.39 Å². The van der Waals surface area contributed by atoms with Crippen LogP contribution in [0.3, 0.4) is 0 Å². The Balaban J connectivity index is 0.859. The summed E-state index contributed by atoms with van der Waals surface area (Å²) in [6.07, 6.45) is 3.79. The van der Waals surface area contributed by atoms with Crippen LogP contribution in [0.25, 0.3) is 21.8 Å². The molecule has 0 aliphatic carbocycles. The third kappa shape index (κ3) is 6.95. The Morgan fingerprint density at radius 1 is 0.964 bits per heavy atom. The van der Waals surface area contributed by atoms with E-state index in [9.17, 15) is 37.5 Å². The average molecular weight is 792 g/mol. The number of amides is 4. The number of nitrogens with zero attached hydrogens (tertiary/aromatic N) is 5. The normalized spacial score (nSPS) is 22.1. The molecule has 8 rings (SSSR count). The van der Waals surface area contributed by atoms with Crippen molar-refractivity contribution in [2.75, 3.05) is 50.2 Å². The number of aromatic nitrogens is 2. The molecular weight excluding hydrogens is 750 g/mol. The zero-order valence-corrected chi connectivity index (χ0v) is 31.5. The number of anilines is 1. The first-order chi connectivity index (χ1) is 26.8. The highest BCUT2D eigenvalue weighted by atomic mass is 32.2. The zero-order chi connectivity index (χ0) is 39.5. The number of aromatic hydroxyl groups is 1. The van der Waals surface area contributed by atoms with Gasteiger partial charge in [-0.05, 0) is 92.4 Å². The number of hydrogen-bond donors (Lipinski definition) is 3. The van der Waals surface area contributed by atoms with E-state index in [4.69, 9.17) is 4.74 Å². The van der Waals surface area contributed by atoms with Crippen molar-refractivity contribution in [2.24, 2.45) is 13.0 Å². The van der Waals surface area contributed by atoms with Gasteiger partial charge in [0.2, 0.25) is 17.7 Å². The molecule has 4 aliphatic rings. The highest BCUT2D eigenvalue weighted by molar-refractivity contribution is 7.92. The van der Waals surface area contributed by atoms with Crippen molar-refractivity contribution < 1.29 is 41.8 Å². The lowest BCUT2D eigenvalue weighted by Gasteiger charge is -2.36. The molecule has 0 bridgehead atoms. The Morgan fingerprint density at radius 3 is 2.48 bits per heavy atom. The van der Waals surface area contributed by atoms with Crippen molar-refractivity contribution >= 4 is 61.3 Å². The Morgan fingerprint density at radius 2 is 1.75 bits per heavy atom. The molecule has 5 heterocycles. The van der Waals surface area contributed by atoms with Gasteiger partial charge in [0.05, 0.1) is 24.2 Å². The van der Waals surface area contributed by atoms with E-state index in [0.29, 0.717) is 40.6 Å². The monoisotopic (exact) mass is 791 g/mol. The lowest BCUT2D eigenvalue weighted by atomic mass is 9.89. The second-order valence-electron chi connectivity index (χ2n) is 15.1. The number of halogens is 1. The van der Waals surface area contributed by atoms with E-state index in [1.807, 2.05) is 23.1 Å². The van der Waals surface area contributed by atoms with Crippen LogP contribution in [0, 0.1) is 11.7 Å². The van der Waals surface area contributed by atoms with Crippen LogP contribution >= 0.6 is 0 Å². The van der Waals surface area contributed by atoms with Crippen LogP contribution < -0.4 is 24.8 Å². The van der Waals surface area contributed by atoms with E-state index in [1.165, 1.54) is 16.7 Å². The molecule has 4 aromatic rings. The Labute approximate surface area is 320 Å². The number of phenolic OH excluding ortho intramolecular Hbond substituents is 1. The number of rotatable bonds is 8. The maximum absolute atomic E-state index is 15.7. The molecule has 2 atom stereocenters. The van der Waals surface area contributed by atoms with Gasteiger partial charge in [0, 0.05) is 37.9 Å². The minimum absolute atomic E-state index is 0.0177. The number of benzene rings is 3. The summed E-state index contributed by atoms with van der Waals surface area (Å²) in [6, 6.07) is 11.0. The molecule has 16 nitrogen and oxygen atoms in total. The van der Waals surface area contributed by atoms with Crippen LogP contribution in [0.15, 0.2) is 47.3 Å². The van der Waals surface area contributed by atoms with Gasteiger partial charge >= 0.3 is 15.9 Å². The molecule has 4 amide bonds. The predicted molar refractivity (Wildman–Crippen MR) is 202 cm³/mol. The van der Waals surface area contributed by atoms with Gasteiger partial charge in [0.15, 0.2) is 5.82 Å². The number of imide groups is 1. The van der Waals surface area contributed by atoms with Gasteiger partial charge in [-0.2, -0.15) is 8.42 Å². The minimum atomic E-state index is -4.35. The Bertz CT molecular complexity index is 2460. The number of nitrogens with one attached hydrogen (secondary N) is 2. The summed E-state index contributed by atoms with van der Waals surface area (Å²) in [6.45, 7) is 2.55. The second-order valence-corrected chi connectivity index (χ2v) is 16.7. The molecule has 1 unspecified atom stereocenters. The number of fused-ring (bicyclic) bond motifs is 2. The van der Waals surface area contributed by atoms with Gasteiger partial charge in [-0.3, -0.25) is 38.5 Å². The molecule has 3 aromatic carbocycles. The summed E-state index contributed by atoms with van der Waals surface area (Å²) in [7, 11) is -2.66. The molecule has 4 fully saturated rings. The molecule has 4 saturated heterocycles. The fourth-order valence-electron chi connectivity index (χ4n) is 8.50. The first kappa shape index (κ1) is 37.4. The molecule has 0 saturated carbocycles. The van der Waals surface area contributed by atoms with Crippen molar-refractivity contribution in [3.8, 4) is 11.5 Å². The van der Waals surface area contributed by atoms with Crippen LogP contribution in [0.4, 0.5) is 10.1 Å². The third-order valence-corrected chi connectivity index (χ3v) is 12.9. The van der Waals surface area contributed by atoms with Crippen molar-refractivity contribution in [3.63, 3.8) is 0 Å². The predicted octanol–water partition coefficient (Wildman–Crippen LogP) is 1.99. The van der Waals surface area contributed by atoms with Crippen molar-refractivity contribution in [1.82, 2.24) is 29.0 Å². The maximum atomic E-state index is 15.7. The van der Waals surface area contributed by atoms with E-state index in [1.54, 1.807) is 28.5 Å². The number of phenols is 1. The first-order valence-corrected chi connectivity index (χ1v) is 20.2. The smallest absolute Gasteiger partial charge is 0.329 e. The average Bonchev–Trinajstić information content (AvgIpc) is 3.59. The first-order valence-electron chi connectivity index (χ1n) is 18.7. The number of aryl methyl sites for hydroxylation is 1. The Hall–Kier alpha value is -5.49. The number of imidazole rings is 1. The second kappa shape index (κ2) is 14.5. The molecule has 18 heteroatoms. The molecule has 0 spiro atoms. The van der Waals surface area contributed by atoms with Crippen LogP contribution in [0.5, 0.6) is 11.5 Å². The largest absolute Gasteiger partial charge is 0.506 e. The van der Waals surface area contributed by atoms with E-state index in [-0.39, 0.29) is 54.2 Å². The Kier molecular flexibility index (Phi) is 9.72. The van der Waals surface area contributed by atoms with Crippen molar-refractivity contribution in [2.45, 2.75) is 50.5 Å². The fraction of sp³-hybridized carbons (Fsp3) is 0.447. The molecule has 56 heavy (non-hydrogen) atoms. The quantitative estimate of drug-likeness (QED) is 0.223. The van der Waals surface area contributed by atoms with Gasteiger partial charge < -0.3 is 14.7 Å². The van der Waals surface area contributed by atoms with Gasteiger partial charge in [-0.15, -0.1) is 0 Å². The summed E-state index contributed by atoms with van der Waals surface area (Å²) in [5, 5.41) is 13.1. The number of hydrogen-bond acceptors (Lipinski definition) is 10. The van der Waals surface area contributed by atoms with Crippen LogP contribution in [-0.2, 0) is 36.4 Å². The zero-order valence-electron chi connectivity index (χ0n) is 30.7. The highest BCUT2D eigenvalue weighted by Gasteiger charge is 2.38. The third-order valence-electron chi connectivity index (χ3n) is 11.5. The van der Waals surface area contributed by atoms with Gasteiger partial charge in [-0.1, -0.05) is 12.1 Å². The lowest BCUT2D eigenvalue weighted by molar-refractivity contribution is -0.136. The fourth-order valence-corrected chi connectivity index (χ4v) is 9.67. The molecule has 296 valence electrons. The van der Waals surface area contributed by atoms with Crippen LogP contribution in [-0.4, -0.2) is 102 Å². The molecule has 4 aliphatic heterocycles. The standard InChI is InChI=1S/C38H42FN7O9S/c1-42-30-15-24(5-7-28(30)46(38(42)52)29-8-9-32(48)40-37(29)51)23-10-13-43(14-11-23)20-34(50)44-12-2-3-22(18-44)21-55-26-6-4-25-16-31(47)36(35(39)27(25)17-26)45-19-33(49)41-56(45,53)54/h4-7,15-17,22-23,29,47H,2-3,8-14,18-21H2,1H3,(H,41,49)(H,40,48,51)/t22-,29?/m0/s1. The summed E-state index contributed by atoms with van der Waals surface area (Å²) in [5.41, 5.74) is 1.56. The number of carbonyl (C=O) groups is 4.